The lowest BCUT2D eigenvalue weighted by molar-refractivity contribution is -0.162. The summed E-state index contributed by atoms with van der Waals surface area (Å²) in [6, 6.07) is 11.5. The fourth-order valence-electron chi connectivity index (χ4n) is 10.2. The first kappa shape index (κ1) is 60.1. The van der Waals surface area contributed by atoms with Gasteiger partial charge in [0.05, 0.1) is 35.8 Å². The molecule has 4 amide bonds. The Bertz CT molecular complexity index is 2750. The fourth-order valence-corrected chi connectivity index (χ4v) is 10.5. The maximum Gasteiger partial charge on any atom is 0.409 e. The zero-order valence-corrected chi connectivity index (χ0v) is 46.6. The minimum absolute atomic E-state index is 0.0319. The van der Waals surface area contributed by atoms with Crippen LogP contribution in [0.25, 0.3) is 10.9 Å². The standard InChI is InChI=1S/C56H76ClN7O13/c1-33-16-15-20-45(74-10)56(73)31-44(75-54(72)60-56)35(3)52-55(5,77-52)46(30-49(68)63(9)42-28-37(26-33)27-34(2)51(42)57)76-53(71)36(4)62(8)48(67)21-14-13-19-43(65)40(22-23-50(69)70)59-47(66)24-25-64-39(32-61(7)58-6)29-38-17-11-12-18-41(38)64/h11-12,15-18,20,27-29,35-36,40,44-46,52,58,73H,13-14,19,21-26,30-32H2,1-10H3,(H,59,66)(H,60,72)(H,69,70)/b20-15+,33-16+/t35-,36+,40+,44+,45-,46+,52?,55+,56-/m1/s1. The number of nitrogens with zero attached hydrogens (tertiary/aromatic N) is 4. The van der Waals surface area contributed by atoms with E-state index in [1.54, 1.807) is 33.0 Å². The predicted molar refractivity (Wildman–Crippen MR) is 288 cm³/mol. The highest BCUT2D eigenvalue weighted by atomic mass is 35.5. The van der Waals surface area contributed by atoms with Gasteiger partial charge < -0.3 is 48.8 Å². The third kappa shape index (κ3) is 14.9. The minimum Gasteiger partial charge on any atom is -0.481 e. The number of esters is 1. The van der Waals surface area contributed by atoms with Crippen LogP contribution in [0.4, 0.5) is 10.5 Å². The van der Waals surface area contributed by atoms with Crippen molar-refractivity contribution in [3.8, 4) is 0 Å². The van der Waals surface area contributed by atoms with Crippen LogP contribution in [0.15, 0.2) is 66.3 Å². The number of rotatable bonds is 20. The average Bonchev–Trinajstić information content (AvgIpc) is 4.08. The molecule has 1 unspecified atom stereocenters. The molecule has 4 heterocycles. The number of allylic oxidation sites excluding steroid dienone is 3. The molecule has 420 valence electrons. The van der Waals surface area contributed by atoms with Crippen LogP contribution in [0, 0.1) is 12.8 Å². The van der Waals surface area contributed by atoms with E-state index in [4.69, 9.17) is 30.5 Å². The Morgan fingerprint density at radius 1 is 1.04 bits per heavy atom. The smallest absolute Gasteiger partial charge is 0.409 e. The van der Waals surface area contributed by atoms with Crippen LogP contribution < -0.4 is 21.0 Å². The molecule has 4 bridgehead atoms. The van der Waals surface area contributed by atoms with E-state index in [9.17, 15) is 43.8 Å². The average molecular weight is 1090 g/mol. The van der Waals surface area contributed by atoms with Gasteiger partial charge >= 0.3 is 18.0 Å². The molecule has 2 saturated heterocycles. The van der Waals surface area contributed by atoms with Crippen molar-refractivity contribution < 1.29 is 62.7 Å². The molecule has 21 heteroatoms. The van der Waals surface area contributed by atoms with E-state index in [0.717, 1.165) is 33.3 Å². The zero-order chi connectivity index (χ0) is 56.5. The first-order chi connectivity index (χ1) is 36.4. The Balaban J connectivity index is 1.11. The summed E-state index contributed by atoms with van der Waals surface area (Å²) in [5.41, 5.74) is 4.83. The molecule has 1 aromatic heterocycles. The number of hydrogen-bond acceptors (Lipinski definition) is 14. The number of unbranched alkanes of at least 4 members (excludes halogenated alkanes) is 1. The topological polar surface area (TPSA) is 251 Å². The van der Waals surface area contributed by atoms with Crippen LogP contribution in [0.5, 0.6) is 0 Å². The number of para-hydroxylation sites is 1. The number of carboxylic acids is 1. The maximum absolute atomic E-state index is 14.4. The SMILES string of the molecule is CNN(C)Cc1cc2ccccc2n1CCC(=O)N[C@@H](CCC(=O)O)C(=O)CCCCC(=O)N(C)[C@@H](C)C(=O)O[C@H]1CC(=O)N(C)c2cc(cc(C)c2Cl)C/C(C)=C/C=C/[C@@H](OC)[C@]2(O)C[C@H](OC(=O)N2)[C@@H](C)C2O[C@]21C. The summed E-state index contributed by atoms with van der Waals surface area (Å²) >= 11 is 6.84. The number of Topliss-reactive ketones (excluding diaryl/α,β-unsaturated/α-hetero) is 1. The molecular formula is C56H76ClN7O13. The van der Waals surface area contributed by atoms with Crippen LogP contribution in [0.2, 0.25) is 5.02 Å². The number of hydrazine groups is 1. The fraction of sp³-hybridized carbons (Fsp3) is 0.554. The number of ether oxygens (including phenoxy) is 4. The molecule has 2 aromatic carbocycles. The van der Waals surface area contributed by atoms with Crippen molar-refractivity contribution in [2.24, 2.45) is 5.92 Å². The van der Waals surface area contributed by atoms with Crippen LogP contribution in [0.3, 0.4) is 0 Å². The summed E-state index contributed by atoms with van der Waals surface area (Å²) in [5.74, 6) is -4.16. The molecule has 3 aliphatic heterocycles. The number of carboxylic acid groups (broad SMARTS) is 1. The van der Waals surface area contributed by atoms with Gasteiger partial charge in [-0.15, -0.1) is 0 Å². The van der Waals surface area contributed by atoms with Gasteiger partial charge in [0.1, 0.15) is 30.0 Å². The first-order valence-electron chi connectivity index (χ1n) is 26.2. The number of hydrogen-bond donors (Lipinski definition) is 5. The molecule has 3 aliphatic rings. The molecule has 0 radical (unpaired) electrons. The molecule has 3 aromatic rings. The Hall–Kier alpha value is -6.16. The van der Waals surface area contributed by atoms with Gasteiger partial charge in [-0.3, -0.25) is 34.7 Å². The molecule has 5 N–H and O–H groups in total. The number of nitrogens with one attached hydrogen (secondary N) is 3. The van der Waals surface area contributed by atoms with Crippen molar-refractivity contribution in [2.45, 2.75) is 160 Å². The summed E-state index contributed by atoms with van der Waals surface area (Å²) in [6.07, 6.45) is 0.601. The van der Waals surface area contributed by atoms with Crippen molar-refractivity contribution in [1.29, 1.82) is 0 Å². The van der Waals surface area contributed by atoms with Gasteiger partial charge in [0.2, 0.25) is 17.7 Å². The van der Waals surface area contributed by atoms with Gasteiger partial charge in [-0.25, -0.2) is 14.6 Å². The highest BCUT2D eigenvalue weighted by molar-refractivity contribution is 6.34. The number of carbonyl (C=O) groups excluding carboxylic acids is 6. The highest BCUT2D eigenvalue weighted by Gasteiger charge is 2.64. The number of aryl methyl sites for hydroxylation is 2. The third-order valence-electron chi connectivity index (χ3n) is 15.2. The second-order valence-electron chi connectivity index (χ2n) is 20.9. The Morgan fingerprint density at radius 3 is 2.45 bits per heavy atom. The number of benzene rings is 2. The number of aliphatic hydroxyl groups is 1. The first-order valence-corrected chi connectivity index (χ1v) is 26.5. The Morgan fingerprint density at radius 2 is 1.75 bits per heavy atom. The van der Waals surface area contributed by atoms with Crippen molar-refractivity contribution >= 4 is 69.7 Å². The van der Waals surface area contributed by atoms with Gasteiger partial charge in [-0.05, 0) is 95.1 Å². The maximum atomic E-state index is 14.4. The molecule has 9 atom stereocenters. The normalized spacial score (nSPS) is 25.6. The number of amides is 4. The van der Waals surface area contributed by atoms with E-state index in [-0.39, 0.29) is 63.6 Å². The Kier molecular flexibility index (Phi) is 20.3. The largest absolute Gasteiger partial charge is 0.481 e. The van der Waals surface area contributed by atoms with Crippen molar-refractivity contribution in [1.82, 2.24) is 30.5 Å². The lowest BCUT2D eigenvalue weighted by atomic mass is 9.83. The van der Waals surface area contributed by atoms with Crippen LogP contribution in [-0.2, 0) is 67.2 Å². The number of aromatic nitrogens is 1. The summed E-state index contributed by atoms with van der Waals surface area (Å²) in [4.78, 5) is 96.3. The van der Waals surface area contributed by atoms with E-state index in [1.165, 1.54) is 30.9 Å². The van der Waals surface area contributed by atoms with Crippen molar-refractivity contribution in [3.05, 3.63) is 88.1 Å². The monoisotopic (exact) mass is 1090 g/mol. The van der Waals surface area contributed by atoms with Crippen molar-refractivity contribution in [3.63, 3.8) is 0 Å². The molecule has 0 spiro atoms. The number of epoxide rings is 1. The number of halogens is 1. The number of aliphatic carboxylic acids is 1. The number of methoxy groups -OCH3 is 1. The van der Waals surface area contributed by atoms with Crippen molar-refractivity contribution in [2.75, 3.05) is 40.2 Å². The van der Waals surface area contributed by atoms with Gasteiger partial charge in [-0.2, -0.15) is 0 Å². The third-order valence-corrected chi connectivity index (χ3v) is 15.7. The molecule has 0 saturated carbocycles. The summed E-state index contributed by atoms with van der Waals surface area (Å²) in [5, 5.41) is 29.9. The van der Waals surface area contributed by atoms with Crippen LogP contribution in [-0.4, -0.2) is 149 Å². The molecule has 77 heavy (non-hydrogen) atoms. The van der Waals surface area contributed by atoms with E-state index in [1.807, 2.05) is 75.4 Å². The second-order valence-corrected chi connectivity index (χ2v) is 21.3. The van der Waals surface area contributed by atoms with Gasteiger partial charge in [0.15, 0.2) is 11.5 Å². The molecule has 6 rings (SSSR count). The van der Waals surface area contributed by atoms with E-state index < -0.39 is 89.5 Å². The summed E-state index contributed by atoms with van der Waals surface area (Å²) < 4.78 is 25.9. The highest BCUT2D eigenvalue weighted by Crippen LogP contribution is 2.49. The van der Waals surface area contributed by atoms with E-state index >= 15 is 0 Å². The van der Waals surface area contributed by atoms with E-state index in [2.05, 4.69) is 26.7 Å². The zero-order valence-electron chi connectivity index (χ0n) is 45.9. The van der Waals surface area contributed by atoms with Crippen LogP contribution >= 0.6 is 11.6 Å². The molecular weight excluding hydrogens is 1010 g/mol. The molecule has 2 fully saturated rings. The summed E-state index contributed by atoms with van der Waals surface area (Å²) in [6.45, 7) is 9.63. The number of alkyl carbamates (subject to hydrolysis) is 1. The van der Waals surface area contributed by atoms with Gasteiger partial charge in [-0.1, -0.05) is 66.6 Å². The van der Waals surface area contributed by atoms with Gasteiger partial charge in [0.25, 0.3) is 0 Å². The lowest BCUT2D eigenvalue weighted by Crippen LogP contribution is -2.63. The number of anilines is 1. The number of ketones is 1. The second kappa shape index (κ2) is 26.0. The number of fused-ring (bicyclic) bond motifs is 6. The predicted octanol–water partition coefficient (Wildman–Crippen LogP) is 5.90. The number of carbonyl (C=O) groups is 7. The quantitative estimate of drug-likeness (QED) is 0.0382. The van der Waals surface area contributed by atoms with Crippen LogP contribution in [0.1, 0.15) is 102 Å². The summed E-state index contributed by atoms with van der Waals surface area (Å²) in [7, 11) is 8.17. The Labute approximate surface area is 455 Å². The number of likely N-dealkylation sites (N-methyl/N-ethyl adjacent to an activating group) is 1. The minimum atomic E-state index is -1.87. The molecule has 0 aliphatic carbocycles. The van der Waals surface area contributed by atoms with E-state index in [0.29, 0.717) is 30.2 Å². The lowest BCUT2D eigenvalue weighted by Gasteiger charge is -2.42. The van der Waals surface area contributed by atoms with Gasteiger partial charge in [0, 0.05) is 84.0 Å². The molecule has 20 nitrogen and oxygen atoms in total.